The van der Waals surface area contributed by atoms with Gasteiger partial charge in [-0.25, -0.2) is 9.59 Å². The molecule has 2 unspecified atom stereocenters. The first kappa shape index (κ1) is 34.0. The third-order valence-corrected chi connectivity index (χ3v) is 8.14. The number of anilines is 1. The molecule has 2 N–H and O–H groups in total. The molecule has 0 aromatic heterocycles. The maximum Gasteiger partial charge on any atom is 0.410 e. The van der Waals surface area contributed by atoms with Crippen molar-refractivity contribution >= 4 is 41.3 Å². The first-order chi connectivity index (χ1) is 20.1. The number of carbonyl (C=O) groups excluding carboxylic acids is 4. The zero-order valence-corrected chi connectivity index (χ0v) is 27.1. The topological polar surface area (TPSA) is 114 Å². The number of alkyl carbamates (subject to hydrolysis) is 1. The lowest BCUT2D eigenvalue weighted by atomic mass is 9.84. The second kappa shape index (κ2) is 14.8. The average molecular weight is 612 g/mol. The normalized spacial score (nSPS) is 17.4. The number of Topliss-reactive ketones (excluding diaryl/α,β-unsaturated/α-hetero) is 1. The van der Waals surface area contributed by atoms with Crippen molar-refractivity contribution in [3.63, 3.8) is 0 Å². The summed E-state index contributed by atoms with van der Waals surface area (Å²) in [6.07, 6.45) is 0.689. The molecule has 10 heteroatoms. The fraction of sp³-hybridized carbons (Fsp3) is 0.515. The Hall–Kier alpha value is -3.53. The number of thioether (sulfide) groups is 1. The van der Waals surface area contributed by atoms with Gasteiger partial charge in [0.05, 0.1) is 11.7 Å². The Morgan fingerprint density at radius 3 is 2.30 bits per heavy atom. The highest BCUT2D eigenvalue weighted by atomic mass is 32.2. The lowest BCUT2D eigenvalue weighted by molar-refractivity contribution is -0.116. The molecule has 0 bridgehead atoms. The molecule has 43 heavy (non-hydrogen) atoms. The highest BCUT2D eigenvalue weighted by Crippen LogP contribution is 2.35. The summed E-state index contributed by atoms with van der Waals surface area (Å²) in [5.41, 5.74) is 0.653. The van der Waals surface area contributed by atoms with Crippen molar-refractivity contribution in [2.24, 2.45) is 5.41 Å². The molecule has 3 rings (SSSR count). The molecule has 0 saturated carbocycles. The number of hydrogen-bond donors (Lipinski definition) is 2. The first-order valence-corrected chi connectivity index (χ1v) is 15.7. The van der Waals surface area contributed by atoms with Crippen molar-refractivity contribution in [3.05, 3.63) is 65.7 Å². The van der Waals surface area contributed by atoms with Gasteiger partial charge in [0.25, 0.3) is 5.91 Å². The quantitative estimate of drug-likeness (QED) is 0.231. The van der Waals surface area contributed by atoms with Gasteiger partial charge in [0.2, 0.25) is 0 Å². The van der Waals surface area contributed by atoms with Crippen molar-refractivity contribution in [2.45, 2.75) is 96.6 Å². The minimum Gasteiger partial charge on any atom is -0.445 e. The fourth-order valence-electron chi connectivity index (χ4n) is 4.69. The molecule has 2 aromatic carbocycles. The van der Waals surface area contributed by atoms with Crippen LogP contribution in [0.4, 0.5) is 15.3 Å². The predicted molar refractivity (Wildman–Crippen MR) is 170 cm³/mol. The monoisotopic (exact) mass is 611 g/mol. The lowest BCUT2D eigenvalue weighted by Gasteiger charge is -2.32. The maximum atomic E-state index is 14.1. The Labute approximate surface area is 259 Å². The molecule has 1 fully saturated rings. The van der Waals surface area contributed by atoms with Gasteiger partial charge in [-0.1, -0.05) is 70.2 Å². The van der Waals surface area contributed by atoms with Crippen LogP contribution in [0.25, 0.3) is 0 Å². The van der Waals surface area contributed by atoms with E-state index in [2.05, 4.69) is 24.5 Å². The van der Waals surface area contributed by atoms with Crippen molar-refractivity contribution in [2.75, 3.05) is 11.9 Å². The van der Waals surface area contributed by atoms with Gasteiger partial charge in [0.1, 0.15) is 12.2 Å². The second-order valence-electron chi connectivity index (χ2n) is 12.8. The van der Waals surface area contributed by atoms with Gasteiger partial charge in [-0.05, 0) is 63.1 Å². The van der Waals surface area contributed by atoms with E-state index in [9.17, 15) is 19.2 Å². The van der Waals surface area contributed by atoms with Crippen LogP contribution in [-0.2, 0) is 20.9 Å². The number of nitrogens with zero attached hydrogens (tertiary/aromatic N) is 1. The fourth-order valence-corrected chi connectivity index (χ4v) is 5.58. The van der Waals surface area contributed by atoms with Gasteiger partial charge in [-0.2, -0.15) is 0 Å². The Morgan fingerprint density at radius 2 is 1.65 bits per heavy atom. The highest BCUT2D eigenvalue weighted by molar-refractivity contribution is 8.01. The first-order valence-electron chi connectivity index (χ1n) is 14.7. The number of carbonyl (C=O) groups is 4. The molecule has 1 aliphatic rings. The van der Waals surface area contributed by atoms with Crippen LogP contribution in [0, 0.1) is 5.41 Å². The SMILES string of the molecule is CC(C)SC(NC(=O)OCc1ccccc1)C(=O)Nc1ccccc1C(=O)C1CCC(C)(C)CCN1C(=O)OC(C)(C)C. The van der Waals surface area contributed by atoms with E-state index in [-0.39, 0.29) is 28.6 Å². The number of likely N-dealkylation sites (tertiary alicyclic amines) is 1. The lowest BCUT2D eigenvalue weighted by Crippen LogP contribution is -2.47. The molecule has 0 aliphatic carbocycles. The van der Waals surface area contributed by atoms with Crippen molar-refractivity contribution in [1.82, 2.24) is 10.2 Å². The summed E-state index contributed by atoms with van der Waals surface area (Å²) in [6, 6.07) is 15.2. The van der Waals surface area contributed by atoms with Crippen LogP contribution < -0.4 is 10.6 Å². The van der Waals surface area contributed by atoms with Crippen molar-refractivity contribution in [3.8, 4) is 0 Å². The zero-order valence-electron chi connectivity index (χ0n) is 26.3. The molecular formula is C33H45N3O6S. The summed E-state index contributed by atoms with van der Waals surface area (Å²) in [7, 11) is 0. The number of ether oxygens (including phenoxy) is 2. The minimum atomic E-state index is -0.969. The summed E-state index contributed by atoms with van der Waals surface area (Å²) in [4.78, 5) is 55.0. The Balaban J connectivity index is 1.80. The smallest absolute Gasteiger partial charge is 0.410 e. The molecule has 1 saturated heterocycles. The third kappa shape index (κ3) is 10.6. The van der Waals surface area contributed by atoms with E-state index >= 15 is 0 Å². The standard InChI is InChI=1S/C33H45N3O6S/c1-22(2)43-29(35-30(39)41-21-23-13-9-8-10-14-23)28(38)34-25-16-12-11-15-24(25)27(37)26-17-18-33(6,7)19-20-36(26)31(40)42-32(3,4)5/h8-16,22,26,29H,17-21H2,1-7H3,(H,34,38)(H,35,39). The third-order valence-electron chi connectivity index (χ3n) is 6.99. The van der Waals surface area contributed by atoms with Crippen LogP contribution in [0.2, 0.25) is 0 Å². The summed E-state index contributed by atoms with van der Waals surface area (Å²) in [5, 5.41) is 4.53. The van der Waals surface area contributed by atoms with Crippen LogP contribution in [-0.4, -0.2) is 57.6 Å². The van der Waals surface area contributed by atoms with Gasteiger partial charge in [0, 0.05) is 17.4 Å². The van der Waals surface area contributed by atoms with Gasteiger partial charge in [-0.15, -0.1) is 11.8 Å². The number of rotatable bonds is 9. The van der Waals surface area contributed by atoms with E-state index in [4.69, 9.17) is 9.47 Å². The van der Waals surface area contributed by atoms with Gasteiger partial charge in [-0.3, -0.25) is 14.5 Å². The molecule has 2 aromatic rings. The molecule has 9 nitrogen and oxygen atoms in total. The Kier molecular flexibility index (Phi) is 11.7. The summed E-state index contributed by atoms with van der Waals surface area (Å²) in [5.74, 6) is -0.774. The van der Waals surface area contributed by atoms with E-state index in [0.717, 1.165) is 18.4 Å². The van der Waals surface area contributed by atoms with E-state index in [1.54, 1.807) is 45.0 Å². The molecule has 1 heterocycles. The van der Waals surface area contributed by atoms with E-state index in [1.807, 2.05) is 44.2 Å². The van der Waals surface area contributed by atoms with Crippen LogP contribution in [0.5, 0.6) is 0 Å². The Bertz CT molecular complexity index is 1270. The molecule has 0 spiro atoms. The van der Waals surface area contributed by atoms with Crippen molar-refractivity contribution < 1.29 is 28.7 Å². The molecule has 234 valence electrons. The van der Waals surface area contributed by atoms with Crippen molar-refractivity contribution in [1.29, 1.82) is 0 Å². The maximum absolute atomic E-state index is 14.1. The largest absolute Gasteiger partial charge is 0.445 e. The minimum absolute atomic E-state index is 0.0128. The molecule has 1 aliphatic heterocycles. The molecule has 2 atom stereocenters. The van der Waals surface area contributed by atoms with E-state index in [0.29, 0.717) is 18.7 Å². The number of amides is 3. The molecule has 0 radical (unpaired) electrons. The summed E-state index contributed by atoms with van der Waals surface area (Å²) in [6.45, 7) is 13.9. The average Bonchev–Trinajstić information content (AvgIpc) is 3.08. The van der Waals surface area contributed by atoms with Crippen LogP contribution in [0.3, 0.4) is 0 Å². The zero-order chi connectivity index (χ0) is 31.8. The van der Waals surface area contributed by atoms with Crippen LogP contribution in [0.1, 0.15) is 83.7 Å². The van der Waals surface area contributed by atoms with Gasteiger partial charge in [0.15, 0.2) is 11.2 Å². The number of hydrogen-bond acceptors (Lipinski definition) is 7. The van der Waals surface area contributed by atoms with E-state index < -0.39 is 35.1 Å². The highest BCUT2D eigenvalue weighted by Gasteiger charge is 2.39. The second-order valence-corrected chi connectivity index (χ2v) is 14.5. The number of para-hydroxylation sites is 1. The molecule has 3 amide bonds. The Morgan fingerprint density at radius 1 is 1.00 bits per heavy atom. The predicted octanol–water partition coefficient (Wildman–Crippen LogP) is 7.02. The van der Waals surface area contributed by atoms with Crippen LogP contribution in [0.15, 0.2) is 54.6 Å². The number of ketones is 1. The molecular weight excluding hydrogens is 566 g/mol. The van der Waals surface area contributed by atoms with Gasteiger partial charge < -0.3 is 20.1 Å². The van der Waals surface area contributed by atoms with E-state index in [1.165, 1.54) is 16.7 Å². The van der Waals surface area contributed by atoms with Crippen LogP contribution >= 0.6 is 11.8 Å². The summed E-state index contributed by atoms with van der Waals surface area (Å²) < 4.78 is 11.0. The van der Waals surface area contributed by atoms with Gasteiger partial charge >= 0.3 is 12.2 Å². The summed E-state index contributed by atoms with van der Waals surface area (Å²) >= 11 is 1.25. The number of benzene rings is 2. The number of nitrogens with one attached hydrogen (secondary N) is 2.